The summed E-state index contributed by atoms with van der Waals surface area (Å²) in [7, 11) is 2.05. The normalized spacial score (nSPS) is 25.4. The second-order valence-corrected chi connectivity index (χ2v) is 5.11. The molecule has 2 heterocycles. The highest BCUT2D eigenvalue weighted by molar-refractivity contribution is 8.01. The fourth-order valence-corrected chi connectivity index (χ4v) is 3.41. The van der Waals surface area contributed by atoms with Crippen LogP contribution in [0.4, 0.5) is 0 Å². The third-order valence-corrected chi connectivity index (χ3v) is 4.61. The van der Waals surface area contributed by atoms with E-state index in [4.69, 9.17) is 0 Å². The second kappa shape index (κ2) is 3.58. The Morgan fingerprint density at radius 3 is 3.00 bits per heavy atom. The molecule has 2 unspecified atom stereocenters. The molecular weight excluding hydrogens is 204 g/mol. The summed E-state index contributed by atoms with van der Waals surface area (Å²) in [6, 6.07) is 9.15. The highest BCUT2D eigenvalue weighted by atomic mass is 32.2. The zero-order valence-electron chi connectivity index (χ0n) is 8.66. The molecule has 1 aromatic heterocycles. The minimum absolute atomic E-state index is 0.617. The average Bonchev–Trinajstić information content (AvgIpc) is 2.62. The molecule has 3 heteroatoms. The lowest BCUT2D eigenvalue weighted by Gasteiger charge is -2.35. The number of rotatable bonds is 2. The molecule has 3 rings (SSSR count). The first-order valence-corrected chi connectivity index (χ1v) is 6.30. The Morgan fingerprint density at radius 2 is 2.27 bits per heavy atom. The van der Waals surface area contributed by atoms with E-state index in [0.29, 0.717) is 11.3 Å². The van der Waals surface area contributed by atoms with Crippen molar-refractivity contribution in [1.29, 1.82) is 0 Å². The van der Waals surface area contributed by atoms with Gasteiger partial charge in [-0.1, -0.05) is 18.2 Å². The van der Waals surface area contributed by atoms with Gasteiger partial charge >= 0.3 is 0 Å². The predicted octanol–water partition coefficient (Wildman–Crippen LogP) is 2.54. The van der Waals surface area contributed by atoms with Crippen LogP contribution in [0.2, 0.25) is 0 Å². The van der Waals surface area contributed by atoms with Crippen LogP contribution in [0.3, 0.4) is 0 Å². The topological polar surface area (TPSA) is 27.8 Å². The monoisotopic (exact) mass is 218 g/mol. The number of benzene rings is 1. The van der Waals surface area contributed by atoms with Crippen LogP contribution < -0.4 is 5.32 Å². The van der Waals surface area contributed by atoms with E-state index < -0.39 is 0 Å². The van der Waals surface area contributed by atoms with E-state index >= 15 is 0 Å². The first-order chi connectivity index (χ1) is 7.40. The summed E-state index contributed by atoms with van der Waals surface area (Å²) in [4.78, 5) is 3.34. The maximum Gasteiger partial charge on any atom is 0.0480 e. The van der Waals surface area contributed by atoms with E-state index in [1.54, 1.807) is 0 Å². The first-order valence-electron chi connectivity index (χ1n) is 5.25. The summed E-state index contributed by atoms with van der Waals surface area (Å²) >= 11 is 2.03. The number of hydrogen-bond donors (Lipinski definition) is 2. The lowest BCUT2D eigenvalue weighted by molar-refractivity contribution is 0.575. The Hall–Kier alpha value is -0.930. The van der Waals surface area contributed by atoms with E-state index in [1.807, 2.05) is 18.8 Å². The van der Waals surface area contributed by atoms with Crippen LogP contribution in [0.5, 0.6) is 0 Å². The highest BCUT2D eigenvalue weighted by Gasteiger charge is 2.33. The van der Waals surface area contributed by atoms with Crippen LogP contribution in [-0.2, 0) is 0 Å². The molecule has 0 amide bonds. The summed E-state index contributed by atoms with van der Waals surface area (Å²) in [5.74, 6) is 1.22. The molecule has 0 aliphatic carbocycles. The summed E-state index contributed by atoms with van der Waals surface area (Å²) in [5.41, 5.74) is 2.69. The fourth-order valence-electron chi connectivity index (χ4n) is 2.16. The van der Waals surface area contributed by atoms with Gasteiger partial charge in [0.25, 0.3) is 0 Å². The van der Waals surface area contributed by atoms with Gasteiger partial charge in [0.05, 0.1) is 0 Å². The summed E-state index contributed by atoms with van der Waals surface area (Å²) in [6.07, 6.45) is 2.16. The number of thioether (sulfide) groups is 1. The molecular formula is C12H14N2S. The molecule has 2 nitrogen and oxygen atoms in total. The SMILES string of the molecule is CNC1CSC1c1c[nH]c2ccccc12. The maximum atomic E-state index is 3.37. The molecule has 2 N–H and O–H groups in total. The Bertz CT molecular complexity index is 475. The van der Waals surface area contributed by atoms with Crippen LogP contribution in [0.1, 0.15) is 10.8 Å². The molecule has 1 saturated heterocycles. The van der Waals surface area contributed by atoms with Gasteiger partial charge in [-0.05, 0) is 18.7 Å². The van der Waals surface area contributed by atoms with E-state index in [-0.39, 0.29) is 0 Å². The van der Waals surface area contributed by atoms with Crippen molar-refractivity contribution in [1.82, 2.24) is 10.3 Å². The molecule has 1 aromatic carbocycles. The van der Waals surface area contributed by atoms with Crippen LogP contribution in [0, 0.1) is 0 Å². The van der Waals surface area contributed by atoms with Gasteiger partial charge in [-0.25, -0.2) is 0 Å². The number of H-pyrrole nitrogens is 1. The lowest BCUT2D eigenvalue weighted by atomic mass is 10.0. The smallest absolute Gasteiger partial charge is 0.0480 e. The van der Waals surface area contributed by atoms with Crippen molar-refractivity contribution in [2.75, 3.05) is 12.8 Å². The number of nitrogens with one attached hydrogen (secondary N) is 2. The second-order valence-electron chi connectivity index (χ2n) is 3.94. The average molecular weight is 218 g/mol. The van der Waals surface area contributed by atoms with E-state index in [9.17, 15) is 0 Å². The van der Waals surface area contributed by atoms with Crippen molar-refractivity contribution in [3.8, 4) is 0 Å². The predicted molar refractivity (Wildman–Crippen MR) is 66.3 cm³/mol. The molecule has 15 heavy (non-hydrogen) atoms. The molecule has 0 bridgehead atoms. The maximum absolute atomic E-state index is 3.37. The molecule has 2 aromatic rings. The molecule has 0 saturated carbocycles. The van der Waals surface area contributed by atoms with Gasteiger partial charge in [-0.2, -0.15) is 11.8 Å². The number of likely N-dealkylation sites (N-methyl/N-ethyl adjacent to an activating group) is 1. The number of fused-ring (bicyclic) bond motifs is 1. The van der Waals surface area contributed by atoms with Crippen LogP contribution in [0.15, 0.2) is 30.5 Å². The number of para-hydroxylation sites is 1. The standard InChI is InChI=1S/C12H14N2S/c1-13-11-7-15-12(11)9-6-14-10-5-3-2-4-8(9)10/h2-6,11-14H,7H2,1H3. The molecule has 1 fully saturated rings. The zero-order valence-corrected chi connectivity index (χ0v) is 9.47. The Labute approximate surface area is 93.4 Å². The summed E-state index contributed by atoms with van der Waals surface area (Å²) in [5, 5.41) is 5.36. The molecule has 1 aliphatic rings. The Morgan fingerprint density at radius 1 is 1.40 bits per heavy atom. The Balaban J connectivity index is 2.04. The first kappa shape index (κ1) is 9.31. The molecule has 78 valence electrons. The van der Waals surface area contributed by atoms with Gasteiger partial charge in [-0.3, -0.25) is 0 Å². The summed E-state index contributed by atoms with van der Waals surface area (Å²) < 4.78 is 0. The zero-order chi connectivity index (χ0) is 10.3. The number of aromatic nitrogens is 1. The molecule has 1 aliphatic heterocycles. The highest BCUT2D eigenvalue weighted by Crippen LogP contribution is 2.44. The molecule has 0 spiro atoms. The van der Waals surface area contributed by atoms with Crippen molar-refractivity contribution >= 4 is 22.7 Å². The van der Waals surface area contributed by atoms with Crippen molar-refractivity contribution in [2.45, 2.75) is 11.3 Å². The van der Waals surface area contributed by atoms with Gasteiger partial charge in [0.2, 0.25) is 0 Å². The van der Waals surface area contributed by atoms with Gasteiger partial charge in [0.15, 0.2) is 0 Å². The van der Waals surface area contributed by atoms with Crippen LogP contribution >= 0.6 is 11.8 Å². The van der Waals surface area contributed by atoms with Crippen molar-refractivity contribution in [3.05, 3.63) is 36.0 Å². The number of hydrogen-bond acceptors (Lipinski definition) is 2. The van der Waals surface area contributed by atoms with Gasteiger partial charge in [0, 0.05) is 34.1 Å². The number of aromatic amines is 1. The largest absolute Gasteiger partial charge is 0.361 e. The van der Waals surface area contributed by atoms with Gasteiger partial charge in [-0.15, -0.1) is 0 Å². The van der Waals surface area contributed by atoms with Crippen molar-refractivity contribution < 1.29 is 0 Å². The minimum atomic E-state index is 0.617. The third-order valence-electron chi connectivity index (χ3n) is 3.12. The molecule has 2 atom stereocenters. The quantitative estimate of drug-likeness (QED) is 0.810. The van der Waals surface area contributed by atoms with Crippen LogP contribution in [0.25, 0.3) is 10.9 Å². The van der Waals surface area contributed by atoms with Crippen molar-refractivity contribution in [3.63, 3.8) is 0 Å². The van der Waals surface area contributed by atoms with E-state index in [0.717, 1.165) is 0 Å². The van der Waals surface area contributed by atoms with Crippen LogP contribution in [-0.4, -0.2) is 23.8 Å². The fraction of sp³-hybridized carbons (Fsp3) is 0.333. The van der Waals surface area contributed by atoms with E-state index in [2.05, 4.69) is 40.8 Å². The van der Waals surface area contributed by atoms with Gasteiger partial charge < -0.3 is 10.3 Å². The lowest BCUT2D eigenvalue weighted by Crippen LogP contribution is -2.40. The van der Waals surface area contributed by atoms with E-state index in [1.165, 1.54) is 22.2 Å². The molecule has 0 radical (unpaired) electrons. The Kier molecular flexibility index (Phi) is 2.22. The van der Waals surface area contributed by atoms with Crippen molar-refractivity contribution in [2.24, 2.45) is 0 Å². The summed E-state index contributed by atoms with van der Waals surface area (Å²) in [6.45, 7) is 0. The van der Waals surface area contributed by atoms with Gasteiger partial charge in [0.1, 0.15) is 0 Å². The third kappa shape index (κ3) is 1.38. The minimum Gasteiger partial charge on any atom is -0.361 e.